The lowest BCUT2D eigenvalue weighted by molar-refractivity contribution is -0.121. The lowest BCUT2D eigenvalue weighted by atomic mass is 10.1. The van der Waals surface area contributed by atoms with Gasteiger partial charge in [-0.3, -0.25) is 9.69 Å². The van der Waals surface area contributed by atoms with Gasteiger partial charge >= 0.3 is 0 Å². The normalized spacial score (nSPS) is 17.5. The summed E-state index contributed by atoms with van der Waals surface area (Å²) in [5.41, 5.74) is 2.33. The Kier molecular flexibility index (Phi) is 6.33. The Morgan fingerprint density at radius 2 is 1.88 bits per heavy atom. The van der Waals surface area contributed by atoms with Crippen LogP contribution in [0.15, 0.2) is 30.5 Å². The summed E-state index contributed by atoms with van der Waals surface area (Å²) in [4.78, 5) is 17.5. The molecule has 1 unspecified atom stereocenters. The Morgan fingerprint density at radius 3 is 2.58 bits per heavy atom. The molecule has 0 radical (unpaired) electrons. The zero-order valence-corrected chi connectivity index (χ0v) is 16.4. The van der Waals surface area contributed by atoms with Gasteiger partial charge in [-0.2, -0.15) is 0 Å². The molecule has 1 amide bonds. The van der Waals surface area contributed by atoms with Crippen molar-refractivity contribution in [2.75, 3.05) is 39.8 Å². The maximum Gasteiger partial charge on any atom is 0.224 e. The van der Waals surface area contributed by atoms with Crippen LogP contribution in [-0.4, -0.2) is 66.1 Å². The van der Waals surface area contributed by atoms with E-state index in [1.807, 2.05) is 6.07 Å². The molecule has 1 aliphatic heterocycles. The molecule has 3 rings (SSSR count). The van der Waals surface area contributed by atoms with Crippen LogP contribution in [0.4, 0.5) is 0 Å². The SMILES string of the molecule is CCC(CN1CCN(C)CC1)NC(=O)Cc1cn(CC)c2ccccc12. The topological polar surface area (TPSA) is 40.5 Å². The van der Waals surface area contributed by atoms with Crippen molar-refractivity contribution in [1.29, 1.82) is 0 Å². The minimum atomic E-state index is 0.130. The molecule has 1 N–H and O–H groups in total. The summed E-state index contributed by atoms with van der Waals surface area (Å²) in [5.74, 6) is 0.130. The second-order valence-corrected chi connectivity index (χ2v) is 7.41. The molecule has 1 aromatic heterocycles. The fourth-order valence-corrected chi connectivity index (χ4v) is 3.80. The van der Waals surface area contributed by atoms with Crippen LogP contribution in [0.1, 0.15) is 25.8 Å². The lowest BCUT2D eigenvalue weighted by Gasteiger charge is -2.34. The highest BCUT2D eigenvalue weighted by atomic mass is 16.1. The number of carbonyl (C=O) groups excluding carboxylic acids is 1. The van der Waals surface area contributed by atoms with Crippen LogP contribution in [0.3, 0.4) is 0 Å². The van der Waals surface area contributed by atoms with E-state index in [1.165, 1.54) is 10.9 Å². The minimum Gasteiger partial charge on any atom is -0.352 e. The van der Waals surface area contributed by atoms with E-state index in [9.17, 15) is 4.79 Å². The Morgan fingerprint density at radius 1 is 1.15 bits per heavy atom. The first-order valence-electron chi connectivity index (χ1n) is 9.87. The third-order valence-electron chi connectivity index (χ3n) is 5.50. The Labute approximate surface area is 157 Å². The van der Waals surface area contributed by atoms with E-state index in [0.29, 0.717) is 6.42 Å². The molecule has 1 aliphatic rings. The highest BCUT2D eigenvalue weighted by Crippen LogP contribution is 2.21. The van der Waals surface area contributed by atoms with E-state index < -0.39 is 0 Å². The Balaban J connectivity index is 1.61. The predicted octanol–water partition coefficient (Wildman–Crippen LogP) is 2.35. The summed E-state index contributed by atoms with van der Waals surface area (Å²) in [7, 11) is 2.17. The van der Waals surface area contributed by atoms with Crippen molar-refractivity contribution in [1.82, 2.24) is 19.7 Å². The standard InChI is InChI=1S/C21H32N4O/c1-4-18(16-24-12-10-23(3)11-13-24)22-21(26)14-17-15-25(5-2)20-9-7-6-8-19(17)20/h6-9,15,18H,4-5,10-14,16H2,1-3H3,(H,22,26). The Hall–Kier alpha value is -1.85. The van der Waals surface area contributed by atoms with Gasteiger partial charge in [0, 0.05) is 62.4 Å². The molecule has 2 aromatic rings. The maximum absolute atomic E-state index is 12.7. The zero-order chi connectivity index (χ0) is 18.5. The second-order valence-electron chi connectivity index (χ2n) is 7.41. The molecular formula is C21H32N4O. The number of para-hydroxylation sites is 1. The van der Waals surface area contributed by atoms with Crippen LogP contribution in [-0.2, 0) is 17.8 Å². The molecule has 5 nitrogen and oxygen atoms in total. The molecule has 26 heavy (non-hydrogen) atoms. The van der Waals surface area contributed by atoms with Crippen molar-refractivity contribution in [2.24, 2.45) is 0 Å². The third-order valence-corrected chi connectivity index (χ3v) is 5.50. The molecule has 1 fully saturated rings. The molecule has 1 aromatic carbocycles. The lowest BCUT2D eigenvalue weighted by Crippen LogP contribution is -2.50. The summed E-state index contributed by atoms with van der Waals surface area (Å²) in [5, 5.41) is 4.45. The van der Waals surface area contributed by atoms with Crippen molar-refractivity contribution in [2.45, 2.75) is 39.3 Å². The first kappa shape index (κ1) is 18.9. The Bertz CT molecular complexity index is 731. The first-order valence-corrected chi connectivity index (χ1v) is 9.87. The molecule has 2 heterocycles. The van der Waals surface area contributed by atoms with Crippen LogP contribution < -0.4 is 5.32 Å². The van der Waals surface area contributed by atoms with Crippen molar-refractivity contribution in [3.8, 4) is 0 Å². The number of piperazine rings is 1. The molecule has 0 bridgehead atoms. The predicted molar refractivity (Wildman–Crippen MR) is 107 cm³/mol. The van der Waals surface area contributed by atoms with Gasteiger partial charge in [-0.15, -0.1) is 0 Å². The summed E-state index contributed by atoms with van der Waals surface area (Å²) >= 11 is 0. The van der Waals surface area contributed by atoms with Gasteiger partial charge in [0.05, 0.1) is 6.42 Å². The quantitative estimate of drug-likeness (QED) is 0.828. The molecule has 0 saturated carbocycles. The average molecular weight is 357 g/mol. The molecule has 1 atom stereocenters. The van der Waals surface area contributed by atoms with Gasteiger partial charge in [-0.1, -0.05) is 25.1 Å². The largest absolute Gasteiger partial charge is 0.352 e. The van der Waals surface area contributed by atoms with E-state index in [4.69, 9.17) is 0 Å². The van der Waals surface area contributed by atoms with Gasteiger partial charge in [0.1, 0.15) is 0 Å². The number of benzene rings is 1. The minimum absolute atomic E-state index is 0.130. The number of aryl methyl sites for hydroxylation is 1. The summed E-state index contributed by atoms with van der Waals surface area (Å²) < 4.78 is 2.22. The fourth-order valence-electron chi connectivity index (χ4n) is 3.80. The highest BCUT2D eigenvalue weighted by molar-refractivity contribution is 5.89. The van der Waals surface area contributed by atoms with Crippen LogP contribution in [0, 0.1) is 0 Å². The van der Waals surface area contributed by atoms with E-state index in [1.54, 1.807) is 0 Å². The van der Waals surface area contributed by atoms with Crippen molar-refractivity contribution >= 4 is 16.8 Å². The van der Waals surface area contributed by atoms with Crippen molar-refractivity contribution < 1.29 is 4.79 Å². The van der Waals surface area contributed by atoms with Gasteiger partial charge in [0.2, 0.25) is 5.91 Å². The van der Waals surface area contributed by atoms with E-state index in [-0.39, 0.29) is 11.9 Å². The van der Waals surface area contributed by atoms with Gasteiger partial charge in [-0.05, 0) is 32.0 Å². The number of amides is 1. The maximum atomic E-state index is 12.7. The molecular weight excluding hydrogens is 324 g/mol. The summed E-state index contributed by atoms with van der Waals surface area (Å²) in [6, 6.07) is 8.58. The van der Waals surface area contributed by atoms with Crippen molar-refractivity contribution in [3.05, 3.63) is 36.0 Å². The number of likely N-dealkylation sites (N-methyl/N-ethyl adjacent to an activating group) is 1. The molecule has 1 saturated heterocycles. The van der Waals surface area contributed by atoms with Crippen LogP contribution >= 0.6 is 0 Å². The number of hydrogen-bond acceptors (Lipinski definition) is 3. The summed E-state index contributed by atoms with van der Waals surface area (Å²) in [6.07, 6.45) is 3.55. The highest BCUT2D eigenvalue weighted by Gasteiger charge is 2.19. The number of nitrogens with one attached hydrogen (secondary N) is 1. The number of rotatable bonds is 7. The molecule has 0 aliphatic carbocycles. The van der Waals surface area contributed by atoms with Gasteiger partial charge in [0.15, 0.2) is 0 Å². The van der Waals surface area contributed by atoms with Gasteiger partial charge in [0.25, 0.3) is 0 Å². The van der Waals surface area contributed by atoms with E-state index in [2.05, 4.69) is 65.0 Å². The van der Waals surface area contributed by atoms with Crippen LogP contribution in [0.25, 0.3) is 10.9 Å². The summed E-state index contributed by atoms with van der Waals surface area (Å²) in [6.45, 7) is 10.6. The third kappa shape index (κ3) is 4.46. The zero-order valence-electron chi connectivity index (χ0n) is 16.4. The average Bonchev–Trinajstić information content (AvgIpc) is 3.00. The molecule has 5 heteroatoms. The smallest absolute Gasteiger partial charge is 0.224 e. The number of carbonyl (C=O) groups is 1. The first-order chi connectivity index (χ1) is 12.6. The monoisotopic (exact) mass is 356 g/mol. The molecule has 142 valence electrons. The number of aromatic nitrogens is 1. The number of nitrogens with zero attached hydrogens (tertiary/aromatic N) is 3. The van der Waals surface area contributed by atoms with Crippen LogP contribution in [0.5, 0.6) is 0 Å². The van der Waals surface area contributed by atoms with Gasteiger partial charge < -0.3 is 14.8 Å². The van der Waals surface area contributed by atoms with Crippen molar-refractivity contribution in [3.63, 3.8) is 0 Å². The van der Waals surface area contributed by atoms with Gasteiger partial charge in [-0.25, -0.2) is 0 Å². The number of fused-ring (bicyclic) bond motifs is 1. The van der Waals surface area contributed by atoms with Crippen LogP contribution in [0.2, 0.25) is 0 Å². The fraction of sp³-hybridized carbons (Fsp3) is 0.571. The van der Waals surface area contributed by atoms with E-state index >= 15 is 0 Å². The molecule has 0 spiro atoms. The van der Waals surface area contributed by atoms with E-state index in [0.717, 1.165) is 51.3 Å². The number of hydrogen-bond donors (Lipinski definition) is 1. The second kappa shape index (κ2) is 8.69.